The highest BCUT2D eigenvalue weighted by Gasteiger charge is 2.29. The average molecular weight is 182 g/mol. The molecule has 1 amide bonds. The third-order valence-electron chi connectivity index (χ3n) is 2.92. The quantitative estimate of drug-likeness (QED) is 0.678. The largest absolute Gasteiger partial charge is 0.353 e. The number of likely N-dealkylation sites (tertiary alicyclic amines) is 1. The van der Waals surface area contributed by atoms with Gasteiger partial charge in [-0.15, -0.1) is 0 Å². The van der Waals surface area contributed by atoms with Crippen LogP contribution in [0.3, 0.4) is 0 Å². The van der Waals surface area contributed by atoms with Crippen LogP contribution in [0.15, 0.2) is 0 Å². The summed E-state index contributed by atoms with van der Waals surface area (Å²) in [5.41, 5.74) is 0. The van der Waals surface area contributed by atoms with Crippen LogP contribution >= 0.6 is 0 Å². The Morgan fingerprint density at radius 3 is 2.77 bits per heavy atom. The number of piperidine rings is 1. The maximum atomic E-state index is 11.7. The summed E-state index contributed by atoms with van der Waals surface area (Å²) in [4.78, 5) is 13.9. The van der Waals surface area contributed by atoms with Crippen molar-refractivity contribution >= 4 is 5.91 Å². The van der Waals surface area contributed by atoms with Gasteiger partial charge in [0.25, 0.3) is 0 Å². The summed E-state index contributed by atoms with van der Waals surface area (Å²) in [6, 6.07) is 0.514. The van der Waals surface area contributed by atoms with E-state index in [0.717, 1.165) is 19.5 Å². The van der Waals surface area contributed by atoms with Crippen LogP contribution < -0.4 is 5.32 Å². The molecule has 1 saturated carbocycles. The zero-order valence-electron chi connectivity index (χ0n) is 8.25. The van der Waals surface area contributed by atoms with Gasteiger partial charge in [0.15, 0.2) is 0 Å². The topological polar surface area (TPSA) is 32.3 Å². The van der Waals surface area contributed by atoms with Gasteiger partial charge in [-0.1, -0.05) is 0 Å². The standard InChI is InChI=1S/C10H18N2O/c1-12-6-2-3-8(7-12)10(13)11-9-4-5-9/h8-9H,2-7H2,1H3,(H,11,13)/t8-/m0/s1. The van der Waals surface area contributed by atoms with Crippen molar-refractivity contribution in [3.05, 3.63) is 0 Å². The molecule has 0 bridgehead atoms. The van der Waals surface area contributed by atoms with E-state index in [2.05, 4.69) is 17.3 Å². The predicted molar refractivity (Wildman–Crippen MR) is 51.4 cm³/mol. The molecule has 0 unspecified atom stereocenters. The molecule has 2 rings (SSSR count). The van der Waals surface area contributed by atoms with E-state index >= 15 is 0 Å². The highest BCUT2D eigenvalue weighted by Crippen LogP contribution is 2.21. The smallest absolute Gasteiger partial charge is 0.224 e. The van der Waals surface area contributed by atoms with Crippen molar-refractivity contribution in [2.45, 2.75) is 31.7 Å². The first-order valence-electron chi connectivity index (χ1n) is 5.24. The van der Waals surface area contributed by atoms with E-state index in [1.807, 2.05) is 0 Å². The third-order valence-corrected chi connectivity index (χ3v) is 2.92. The van der Waals surface area contributed by atoms with Gasteiger partial charge in [0.2, 0.25) is 5.91 Å². The first-order chi connectivity index (χ1) is 6.25. The van der Waals surface area contributed by atoms with Crippen LogP contribution in [0.5, 0.6) is 0 Å². The fraction of sp³-hybridized carbons (Fsp3) is 0.900. The SMILES string of the molecule is CN1CCC[C@H](C(=O)NC2CC2)C1. The Morgan fingerprint density at radius 1 is 1.38 bits per heavy atom. The van der Waals surface area contributed by atoms with Crippen LogP contribution in [0.1, 0.15) is 25.7 Å². The van der Waals surface area contributed by atoms with E-state index in [4.69, 9.17) is 0 Å². The normalized spacial score (nSPS) is 30.1. The second kappa shape index (κ2) is 3.66. The van der Waals surface area contributed by atoms with Gasteiger partial charge >= 0.3 is 0 Å². The zero-order chi connectivity index (χ0) is 9.26. The van der Waals surface area contributed by atoms with Crippen molar-refractivity contribution in [3.63, 3.8) is 0 Å². The molecular weight excluding hydrogens is 164 g/mol. The molecule has 0 aromatic heterocycles. The zero-order valence-corrected chi connectivity index (χ0v) is 8.25. The van der Waals surface area contributed by atoms with Gasteiger partial charge < -0.3 is 10.2 Å². The van der Waals surface area contributed by atoms with Crippen molar-refractivity contribution in [1.82, 2.24) is 10.2 Å². The maximum absolute atomic E-state index is 11.7. The Balaban J connectivity index is 1.80. The molecule has 1 heterocycles. The van der Waals surface area contributed by atoms with Crippen LogP contribution in [-0.4, -0.2) is 37.0 Å². The van der Waals surface area contributed by atoms with Gasteiger partial charge in [0, 0.05) is 12.6 Å². The molecule has 13 heavy (non-hydrogen) atoms. The lowest BCUT2D eigenvalue weighted by molar-refractivity contribution is -0.126. The summed E-state index contributed by atoms with van der Waals surface area (Å²) < 4.78 is 0. The van der Waals surface area contributed by atoms with Gasteiger partial charge in [-0.2, -0.15) is 0 Å². The van der Waals surface area contributed by atoms with Crippen LogP contribution in [0.2, 0.25) is 0 Å². The van der Waals surface area contributed by atoms with E-state index in [0.29, 0.717) is 6.04 Å². The number of carbonyl (C=O) groups excluding carboxylic acids is 1. The summed E-state index contributed by atoms with van der Waals surface area (Å²) in [5.74, 6) is 0.536. The minimum atomic E-state index is 0.249. The fourth-order valence-corrected chi connectivity index (χ4v) is 1.93. The molecule has 3 heteroatoms. The Morgan fingerprint density at radius 2 is 2.15 bits per heavy atom. The van der Waals surface area contributed by atoms with Crippen LogP contribution in [0.4, 0.5) is 0 Å². The van der Waals surface area contributed by atoms with Crippen LogP contribution in [-0.2, 0) is 4.79 Å². The number of hydrogen-bond acceptors (Lipinski definition) is 2. The van der Waals surface area contributed by atoms with Crippen LogP contribution in [0.25, 0.3) is 0 Å². The molecule has 74 valence electrons. The molecule has 1 saturated heterocycles. The predicted octanol–water partition coefficient (Wildman–Crippen LogP) is 0.607. The Labute approximate surface area is 79.5 Å². The summed E-state index contributed by atoms with van der Waals surface area (Å²) >= 11 is 0. The van der Waals surface area contributed by atoms with Crippen molar-refractivity contribution in [2.75, 3.05) is 20.1 Å². The second-order valence-corrected chi connectivity index (χ2v) is 4.38. The van der Waals surface area contributed by atoms with E-state index in [-0.39, 0.29) is 11.8 Å². The molecule has 0 aromatic carbocycles. The van der Waals surface area contributed by atoms with E-state index in [1.54, 1.807) is 0 Å². The number of amides is 1. The van der Waals surface area contributed by atoms with Crippen molar-refractivity contribution in [1.29, 1.82) is 0 Å². The molecule has 1 aliphatic heterocycles. The molecule has 2 fully saturated rings. The first kappa shape index (κ1) is 9.00. The number of hydrogen-bond donors (Lipinski definition) is 1. The molecule has 1 aliphatic carbocycles. The summed E-state index contributed by atoms with van der Waals surface area (Å²) in [5, 5.41) is 3.08. The minimum absolute atomic E-state index is 0.249. The van der Waals surface area contributed by atoms with Crippen molar-refractivity contribution in [2.24, 2.45) is 5.92 Å². The van der Waals surface area contributed by atoms with Crippen molar-refractivity contribution in [3.8, 4) is 0 Å². The number of rotatable bonds is 2. The molecule has 0 radical (unpaired) electrons. The molecule has 2 aliphatic rings. The highest BCUT2D eigenvalue weighted by atomic mass is 16.2. The lowest BCUT2D eigenvalue weighted by atomic mass is 9.98. The Hall–Kier alpha value is -0.570. The van der Waals surface area contributed by atoms with E-state index in [1.165, 1.54) is 19.3 Å². The van der Waals surface area contributed by atoms with E-state index < -0.39 is 0 Å². The van der Waals surface area contributed by atoms with E-state index in [9.17, 15) is 4.79 Å². The highest BCUT2D eigenvalue weighted by molar-refractivity contribution is 5.79. The average Bonchev–Trinajstić information content (AvgIpc) is 2.88. The maximum Gasteiger partial charge on any atom is 0.224 e. The van der Waals surface area contributed by atoms with Gasteiger partial charge in [-0.3, -0.25) is 4.79 Å². The number of nitrogens with zero attached hydrogens (tertiary/aromatic N) is 1. The number of nitrogens with one attached hydrogen (secondary N) is 1. The minimum Gasteiger partial charge on any atom is -0.353 e. The molecule has 3 nitrogen and oxygen atoms in total. The van der Waals surface area contributed by atoms with Crippen LogP contribution in [0, 0.1) is 5.92 Å². The summed E-state index contributed by atoms with van der Waals surface area (Å²) in [6.45, 7) is 2.09. The monoisotopic (exact) mass is 182 g/mol. The van der Waals surface area contributed by atoms with Gasteiger partial charge in [0.05, 0.1) is 5.92 Å². The first-order valence-corrected chi connectivity index (χ1v) is 5.24. The Kier molecular flexibility index (Phi) is 2.54. The van der Waals surface area contributed by atoms with Crippen molar-refractivity contribution < 1.29 is 4.79 Å². The van der Waals surface area contributed by atoms with Gasteiger partial charge in [0.1, 0.15) is 0 Å². The number of carbonyl (C=O) groups is 1. The lowest BCUT2D eigenvalue weighted by Crippen LogP contribution is -2.42. The van der Waals surface area contributed by atoms with Gasteiger partial charge in [-0.05, 0) is 39.3 Å². The molecule has 1 N–H and O–H groups in total. The molecule has 0 spiro atoms. The molecule has 1 atom stereocenters. The summed E-state index contributed by atoms with van der Waals surface area (Å²) in [6.07, 6.45) is 4.62. The van der Waals surface area contributed by atoms with Gasteiger partial charge in [-0.25, -0.2) is 0 Å². The Bertz CT molecular complexity index is 201. The molecular formula is C10H18N2O. The third kappa shape index (κ3) is 2.44. The lowest BCUT2D eigenvalue weighted by Gasteiger charge is -2.28. The fourth-order valence-electron chi connectivity index (χ4n) is 1.93. The second-order valence-electron chi connectivity index (χ2n) is 4.38. The summed E-state index contributed by atoms with van der Waals surface area (Å²) in [7, 11) is 2.09. The molecule has 0 aromatic rings.